The van der Waals surface area contributed by atoms with Crippen molar-refractivity contribution in [3.8, 4) is 35.0 Å². The highest BCUT2D eigenvalue weighted by atomic mass is 15.0. The maximum absolute atomic E-state index is 10.4. The molecule has 6 aromatic carbocycles. The average Bonchev–Trinajstić information content (AvgIpc) is 3.69. The summed E-state index contributed by atoms with van der Waals surface area (Å²) in [5.74, 6) is 0. The van der Waals surface area contributed by atoms with E-state index in [1.807, 2.05) is 42.5 Å². The van der Waals surface area contributed by atoms with Crippen molar-refractivity contribution >= 4 is 54.9 Å². The van der Waals surface area contributed by atoms with Crippen LogP contribution in [0.15, 0.2) is 140 Å². The fourth-order valence-electron chi connectivity index (χ4n) is 7.65. The SMILES string of the molecule is N#Cc1ccc2c(c1)c1cc(C#N)ccc1n2-c1ccc(-c2ccc(C3=C(n4c5ccccc5c5ccccc54)CCC=C3)cc2)c(C#N)c1. The zero-order valence-electron chi connectivity index (χ0n) is 26.9. The number of fused-ring (bicyclic) bond motifs is 6. The maximum atomic E-state index is 10.4. The molecule has 8 aromatic rings. The Morgan fingerprint density at radius 2 is 1.08 bits per heavy atom. The second kappa shape index (κ2) is 11.5. The van der Waals surface area contributed by atoms with Gasteiger partial charge >= 0.3 is 0 Å². The van der Waals surface area contributed by atoms with Crippen LogP contribution in [0.5, 0.6) is 0 Å². The number of hydrogen-bond acceptors (Lipinski definition) is 3. The van der Waals surface area contributed by atoms with Gasteiger partial charge in [0.05, 0.1) is 57.0 Å². The predicted molar refractivity (Wildman–Crippen MR) is 201 cm³/mol. The molecule has 232 valence electrons. The molecular formula is C45H27N5. The zero-order chi connectivity index (χ0) is 33.8. The van der Waals surface area contributed by atoms with Gasteiger partial charge in [-0.1, -0.05) is 78.9 Å². The third kappa shape index (κ3) is 4.45. The van der Waals surface area contributed by atoms with Crippen molar-refractivity contribution in [2.24, 2.45) is 0 Å². The Bertz CT molecular complexity index is 2770. The second-order valence-electron chi connectivity index (χ2n) is 12.6. The van der Waals surface area contributed by atoms with E-state index in [4.69, 9.17) is 0 Å². The monoisotopic (exact) mass is 637 g/mol. The van der Waals surface area contributed by atoms with Crippen LogP contribution in [0.3, 0.4) is 0 Å². The first kappa shape index (κ1) is 29.0. The van der Waals surface area contributed by atoms with Crippen LogP contribution in [-0.2, 0) is 0 Å². The van der Waals surface area contributed by atoms with E-state index in [9.17, 15) is 15.8 Å². The Labute approximate surface area is 288 Å². The smallest absolute Gasteiger partial charge is 0.0998 e. The van der Waals surface area contributed by atoms with E-state index in [0.717, 1.165) is 57.0 Å². The molecule has 1 aliphatic rings. The molecule has 2 heterocycles. The number of allylic oxidation sites excluding steroid dienone is 4. The Balaban J connectivity index is 1.14. The molecule has 5 heteroatoms. The lowest BCUT2D eigenvalue weighted by Gasteiger charge is -2.20. The predicted octanol–water partition coefficient (Wildman–Crippen LogP) is 10.9. The number of rotatable bonds is 4. The Hall–Kier alpha value is -7.13. The summed E-state index contributed by atoms with van der Waals surface area (Å²) in [6.45, 7) is 0. The van der Waals surface area contributed by atoms with Gasteiger partial charge in [0.15, 0.2) is 0 Å². The summed E-state index contributed by atoms with van der Waals surface area (Å²) in [4.78, 5) is 0. The van der Waals surface area contributed by atoms with Gasteiger partial charge in [0.2, 0.25) is 0 Å². The summed E-state index contributed by atoms with van der Waals surface area (Å²) >= 11 is 0. The van der Waals surface area contributed by atoms with Gasteiger partial charge in [-0.05, 0) is 90.2 Å². The van der Waals surface area contributed by atoms with Gasteiger partial charge in [-0.2, -0.15) is 15.8 Å². The number of hydrogen-bond donors (Lipinski definition) is 0. The molecule has 0 N–H and O–H groups in total. The molecule has 0 spiro atoms. The molecule has 0 bridgehead atoms. The lowest BCUT2D eigenvalue weighted by Crippen LogP contribution is -2.03. The number of nitriles is 3. The third-order valence-electron chi connectivity index (χ3n) is 9.91. The van der Waals surface area contributed by atoms with E-state index in [0.29, 0.717) is 16.7 Å². The summed E-state index contributed by atoms with van der Waals surface area (Å²) in [5, 5.41) is 33.8. The van der Waals surface area contributed by atoms with Crippen LogP contribution < -0.4 is 0 Å². The lowest BCUT2D eigenvalue weighted by atomic mass is 9.93. The van der Waals surface area contributed by atoms with Gasteiger partial charge in [-0.3, -0.25) is 0 Å². The van der Waals surface area contributed by atoms with Gasteiger partial charge in [0.1, 0.15) is 0 Å². The summed E-state index contributed by atoms with van der Waals surface area (Å²) in [5.41, 5.74) is 12.2. The highest BCUT2D eigenvalue weighted by Crippen LogP contribution is 2.39. The first-order chi connectivity index (χ1) is 24.7. The second-order valence-corrected chi connectivity index (χ2v) is 12.6. The van der Waals surface area contributed by atoms with Crippen molar-refractivity contribution in [1.29, 1.82) is 15.8 Å². The molecule has 50 heavy (non-hydrogen) atoms. The number of benzene rings is 6. The number of nitrogens with zero attached hydrogens (tertiary/aromatic N) is 5. The van der Waals surface area contributed by atoms with Gasteiger partial charge in [0.25, 0.3) is 0 Å². The van der Waals surface area contributed by atoms with Gasteiger partial charge in [-0.25, -0.2) is 0 Å². The van der Waals surface area contributed by atoms with Gasteiger partial charge < -0.3 is 9.13 Å². The van der Waals surface area contributed by atoms with Crippen LogP contribution in [0.2, 0.25) is 0 Å². The summed E-state index contributed by atoms with van der Waals surface area (Å²) in [6.07, 6.45) is 6.43. The molecule has 0 radical (unpaired) electrons. The minimum atomic E-state index is 0.553. The molecule has 0 fully saturated rings. The molecular weight excluding hydrogens is 611 g/mol. The lowest BCUT2D eigenvalue weighted by molar-refractivity contribution is 0.983. The first-order valence-corrected chi connectivity index (χ1v) is 16.6. The van der Waals surface area contributed by atoms with E-state index in [-0.39, 0.29) is 0 Å². The quantitative estimate of drug-likeness (QED) is 0.192. The van der Waals surface area contributed by atoms with E-state index in [1.165, 1.54) is 33.1 Å². The van der Waals surface area contributed by atoms with Gasteiger partial charge in [0, 0.05) is 38.5 Å². The molecule has 9 rings (SSSR count). The fraction of sp³-hybridized carbons (Fsp3) is 0.0444. The van der Waals surface area contributed by atoms with Crippen molar-refractivity contribution < 1.29 is 0 Å². The molecule has 0 saturated heterocycles. The number of para-hydroxylation sites is 2. The van der Waals surface area contributed by atoms with Crippen molar-refractivity contribution in [2.45, 2.75) is 12.8 Å². The summed E-state index contributed by atoms with van der Waals surface area (Å²) < 4.78 is 4.53. The molecule has 0 aliphatic heterocycles. The standard InChI is InChI=1S/C45H27N5/c46-26-29-13-21-44-39(23-29)40-24-30(27-47)14-22-45(40)49(44)34-19-20-35(33(25-34)28-48)31-15-17-32(18-16-31)36-7-1-4-10-41(36)50-42-11-5-2-8-37(42)38-9-3-6-12-43(38)50/h1-3,5-9,11-25H,4,10H2. The Kier molecular flexibility index (Phi) is 6.70. The summed E-state index contributed by atoms with van der Waals surface area (Å²) in [7, 11) is 0. The van der Waals surface area contributed by atoms with Crippen LogP contribution in [0.1, 0.15) is 35.1 Å². The van der Waals surface area contributed by atoms with E-state index in [2.05, 4.69) is 112 Å². The average molecular weight is 638 g/mol. The highest BCUT2D eigenvalue weighted by Gasteiger charge is 2.19. The van der Waals surface area contributed by atoms with Crippen molar-refractivity contribution in [3.63, 3.8) is 0 Å². The maximum Gasteiger partial charge on any atom is 0.0998 e. The minimum Gasteiger partial charge on any atom is -0.312 e. The third-order valence-corrected chi connectivity index (χ3v) is 9.91. The van der Waals surface area contributed by atoms with Crippen LogP contribution in [0.25, 0.3) is 71.7 Å². The Morgan fingerprint density at radius 3 is 1.68 bits per heavy atom. The van der Waals surface area contributed by atoms with Crippen molar-refractivity contribution in [2.75, 3.05) is 0 Å². The van der Waals surface area contributed by atoms with E-state index < -0.39 is 0 Å². The van der Waals surface area contributed by atoms with E-state index in [1.54, 1.807) is 12.1 Å². The molecule has 0 saturated carbocycles. The van der Waals surface area contributed by atoms with Crippen LogP contribution in [0, 0.1) is 34.0 Å². The fourth-order valence-corrected chi connectivity index (χ4v) is 7.65. The van der Waals surface area contributed by atoms with Crippen molar-refractivity contribution in [1.82, 2.24) is 9.13 Å². The number of aromatic nitrogens is 2. The Morgan fingerprint density at radius 1 is 0.500 bits per heavy atom. The van der Waals surface area contributed by atoms with Crippen molar-refractivity contribution in [3.05, 3.63) is 162 Å². The van der Waals surface area contributed by atoms with Gasteiger partial charge in [-0.15, -0.1) is 0 Å². The zero-order valence-corrected chi connectivity index (χ0v) is 26.9. The van der Waals surface area contributed by atoms with Crippen LogP contribution >= 0.6 is 0 Å². The molecule has 0 unspecified atom stereocenters. The normalized spacial score (nSPS) is 12.8. The molecule has 5 nitrogen and oxygen atoms in total. The molecule has 2 aromatic heterocycles. The minimum absolute atomic E-state index is 0.553. The largest absolute Gasteiger partial charge is 0.312 e. The van der Waals surface area contributed by atoms with E-state index >= 15 is 0 Å². The molecule has 1 aliphatic carbocycles. The van der Waals surface area contributed by atoms with Crippen LogP contribution in [-0.4, -0.2) is 9.13 Å². The van der Waals surface area contributed by atoms with Crippen LogP contribution in [0.4, 0.5) is 0 Å². The highest BCUT2D eigenvalue weighted by molar-refractivity contribution is 6.12. The topological polar surface area (TPSA) is 81.2 Å². The molecule has 0 amide bonds. The first-order valence-electron chi connectivity index (χ1n) is 16.6. The summed E-state index contributed by atoms with van der Waals surface area (Å²) in [6, 6.07) is 49.9. The molecule has 0 atom stereocenters.